The number of likely N-dealkylation sites (tertiary alicyclic amines) is 1. The third-order valence-electron chi connectivity index (χ3n) is 3.91. The molecule has 3 unspecified atom stereocenters. The Kier molecular flexibility index (Phi) is 5.62. The summed E-state index contributed by atoms with van der Waals surface area (Å²) in [7, 11) is 0. The first-order chi connectivity index (χ1) is 7.19. The largest absolute Gasteiger partial charge is 0.313 e. The van der Waals surface area contributed by atoms with Gasteiger partial charge >= 0.3 is 0 Å². The molecule has 1 fully saturated rings. The van der Waals surface area contributed by atoms with Gasteiger partial charge < -0.3 is 5.32 Å². The van der Waals surface area contributed by atoms with Crippen molar-refractivity contribution < 1.29 is 0 Å². The minimum Gasteiger partial charge on any atom is -0.313 e. The van der Waals surface area contributed by atoms with Gasteiger partial charge in [-0.2, -0.15) is 0 Å². The molecule has 3 atom stereocenters. The van der Waals surface area contributed by atoms with Crippen LogP contribution in [0.15, 0.2) is 0 Å². The Hall–Kier alpha value is -0.0800. The van der Waals surface area contributed by atoms with Gasteiger partial charge in [0.15, 0.2) is 0 Å². The highest BCUT2D eigenvalue weighted by Gasteiger charge is 2.27. The second kappa shape index (κ2) is 6.49. The first-order valence-corrected chi connectivity index (χ1v) is 6.66. The molecule has 0 bridgehead atoms. The molecule has 0 radical (unpaired) electrons. The first-order valence-electron chi connectivity index (χ1n) is 6.66. The molecular formula is C13H28N2. The van der Waals surface area contributed by atoms with E-state index < -0.39 is 0 Å². The van der Waals surface area contributed by atoms with E-state index in [1.54, 1.807) is 0 Å². The van der Waals surface area contributed by atoms with Crippen molar-refractivity contribution in [2.45, 2.75) is 59.0 Å². The van der Waals surface area contributed by atoms with E-state index in [1.807, 2.05) is 0 Å². The highest BCUT2D eigenvalue weighted by atomic mass is 15.2. The highest BCUT2D eigenvalue weighted by Crippen LogP contribution is 2.22. The lowest BCUT2D eigenvalue weighted by Crippen LogP contribution is -2.46. The third kappa shape index (κ3) is 3.76. The van der Waals surface area contributed by atoms with E-state index in [2.05, 4.69) is 37.9 Å². The number of nitrogens with zero attached hydrogens (tertiary/aromatic N) is 1. The van der Waals surface area contributed by atoms with Gasteiger partial charge in [-0.3, -0.25) is 4.90 Å². The number of hydrogen-bond acceptors (Lipinski definition) is 2. The molecule has 1 aliphatic rings. The Morgan fingerprint density at radius 1 is 1.33 bits per heavy atom. The second-order valence-electron chi connectivity index (χ2n) is 5.04. The van der Waals surface area contributed by atoms with Crippen molar-refractivity contribution in [2.24, 2.45) is 5.92 Å². The Labute approximate surface area is 95.4 Å². The van der Waals surface area contributed by atoms with Crippen molar-refractivity contribution in [3.8, 4) is 0 Å². The fraction of sp³-hybridized carbons (Fsp3) is 1.00. The minimum atomic E-state index is 0.626. The SMILES string of the molecule is CCCNC(C)C(C)N1CCC(CC)C1. The predicted molar refractivity (Wildman–Crippen MR) is 67.2 cm³/mol. The average molecular weight is 212 g/mol. The minimum absolute atomic E-state index is 0.626. The summed E-state index contributed by atoms with van der Waals surface area (Å²) in [6, 6.07) is 1.31. The molecule has 0 amide bonds. The zero-order chi connectivity index (χ0) is 11.3. The molecule has 1 heterocycles. The van der Waals surface area contributed by atoms with Crippen LogP contribution in [0.2, 0.25) is 0 Å². The molecule has 0 aromatic heterocycles. The Balaban J connectivity index is 2.30. The summed E-state index contributed by atoms with van der Waals surface area (Å²) in [5, 5.41) is 3.60. The summed E-state index contributed by atoms with van der Waals surface area (Å²) >= 11 is 0. The summed E-state index contributed by atoms with van der Waals surface area (Å²) in [6.45, 7) is 13.0. The van der Waals surface area contributed by atoms with Crippen LogP contribution in [-0.2, 0) is 0 Å². The molecule has 1 aliphatic heterocycles. The van der Waals surface area contributed by atoms with Crippen LogP contribution in [0.1, 0.15) is 47.0 Å². The lowest BCUT2D eigenvalue weighted by Gasteiger charge is -2.30. The van der Waals surface area contributed by atoms with Crippen molar-refractivity contribution in [1.29, 1.82) is 0 Å². The number of nitrogens with one attached hydrogen (secondary N) is 1. The van der Waals surface area contributed by atoms with Gasteiger partial charge in [-0.1, -0.05) is 20.3 Å². The lowest BCUT2D eigenvalue weighted by atomic mass is 10.1. The quantitative estimate of drug-likeness (QED) is 0.728. The van der Waals surface area contributed by atoms with E-state index >= 15 is 0 Å². The van der Waals surface area contributed by atoms with Crippen molar-refractivity contribution >= 4 is 0 Å². The van der Waals surface area contributed by atoms with Gasteiger partial charge in [-0.05, 0) is 45.7 Å². The van der Waals surface area contributed by atoms with E-state index in [4.69, 9.17) is 0 Å². The van der Waals surface area contributed by atoms with Crippen LogP contribution in [0.25, 0.3) is 0 Å². The van der Waals surface area contributed by atoms with Crippen LogP contribution in [-0.4, -0.2) is 36.6 Å². The normalized spacial score (nSPS) is 26.8. The van der Waals surface area contributed by atoms with Crippen LogP contribution >= 0.6 is 0 Å². The van der Waals surface area contributed by atoms with Crippen molar-refractivity contribution in [3.05, 3.63) is 0 Å². The summed E-state index contributed by atoms with van der Waals surface area (Å²) in [5.74, 6) is 0.950. The van der Waals surface area contributed by atoms with Crippen LogP contribution in [0, 0.1) is 5.92 Å². The maximum absolute atomic E-state index is 3.60. The molecule has 2 heteroatoms. The molecule has 1 saturated heterocycles. The zero-order valence-corrected chi connectivity index (χ0v) is 10.9. The van der Waals surface area contributed by atoms with Gasteiger partial charge in [0.1, 0.15) is 0 Å². The molecule has 1 N–H and O–H groups in total. The van der Waals surface area contributed by atoms with Gasteiger partial charge in [0, 0.05) is 18.6 Å². The van der Waals surface area contributed by atoms with Gasteiger partial charge in [0.2, 0.25) is 0 Å². The topological polar surface area (TPSA) is 15.3 Å². The predicted octanol–water partition coefficient (Wildman–Crippen LogP) is 2.49. The Morgan fingerprint density at radius 2 is 2.07 bits per heavy atom. The fourth-order valence-corrected chi connectivity index (χ4v) is 2.42. The van der Waals surface area contributed by atoms with E-state index in [9.17, 15) is 0 Å². The van der Waals surface area contributed by atoms with Gasteiger partial charge in [-0.15, -0.1) is 0 Å². The zero-order valence-electron chi connectivity index (χ0n) is 10.9. The third-order valence-corrected chi connectivity index (χ3v) is 3.91. The molecule has 0 aromatic carbocycles. The van der Waals surface area contributed by atoms with E-state index in [-0.39, 0.29) is 0 Å². The molecule has 90 valence electrons. The summed E-state index contributed by atoms with van der Waals surface area (Å²) in [5.41, 5.74) is 0. The monoisotopic (exact) mass is 212 g/mol. The van der Waals surface area contributed by atoms with E-state index in [1.165, 1.54) is 32.4 Å². The van der Waals surface area contributed by atoms with Gasteiger partial charge in [-0.25, -0.2) is 0 Å². The molecule has 15 heavy (non-hydrogen) atoms. The van der Waals surface area contributed by atoms with Crippen LogP contribution in [0.5, 0.6) is 0 Å². The summed E-state index contributed by atoms with van der Waals surface area (Å²) in [4.78, 5) is 2.65. The Bertz CT molecular complexity index is 170. The molecule has 0 aliphatic carbocycles. The van der Waals surface area contributed by atoms with Crippen molar-refractivity contribution in [2.75, 3.05) is 19.6 Å². The summed E-state index contributed by atoms with van der Waals surface area (Å²) < 4.78 is 0. The molecule has 0 aromatic rings. The maximum atomic E-state index is 3.60. The number of rotatable bonds is 6. The standard InChI is InChI=1S/C13H28N2/c1-5-8-14-11(3)12(4)15-9-7-13(6-2)10-15/h11-14H,5-10H2,1-4H3. The van der Waals surface area contributed by atoms with Gasteiger partial charge in [0.05, 0.1) is 0 Å². The van der Waals surface area contributed by atoms with Crippen LogP contribution in [0.4, 0.5) is 0 Å². The van der Waals surface area contributed by atoms with Crippen molar-refractivity contribution in [3.63, 3.8) is 0 Å². The smallest absolute Gasteiger partial charge is 0.0218 e. The second-order valence-corrected chi connectivity index (χ2v) is 5.04. The molecular weight excluding hydrogens is 184 g/mol. The fourth-order valence-electron chi connectivity index (χ4n) is 2.42. The molecule has 0 spiro atoms. The Morgan fingerprint density at radius 3 is 2.60 bits per heavy atom. The molecule has 0 saturated carbocycles. The van der Waals surface area contributed by atoms with Gasteiger partial charge in [0.25, 0.3) is 0 Å². The molecule has 1 rings (SSSR count). The first kappa shape index (κ1) is 13.0. The van der Waals surface area contributed by atoms with E-state index in [0.29, 0.717) is 12.1 Å². The lowest BCUT2D eigenvalue weighted by molar-refractivity contribution is 0.206. The highest BCUT2D eigenvalue weighted by molar-refractivity contribution is 4.83. The van der Waals surface area contributed by atoms with E-state index in [0.717, 1.165) is 12.5 Å². The van der Waals surface area contributed by atoms with Crippen LogP contribution < -0.4 is 5.32 Å². The van der Waals surface area contributed by atoms with Crippen molar-refractivity contribution in [1.82, 2.24) is 10.2 Å². The average Bonchev–Trinajstić information content (AvgIpc) is 2.73. The molecule has 2 nitrogen and oxygen atoms in total. The summed E-state index contributed by atoms with van der Waals surface area (Å²) in [6.07, 6.45) is 3.98. The maximum Gasteiger partial charge on any atom is 0.0218 e. The number of hydrogen-bond donors (Lipinski definition) is 1. The van der Waals surface area contributed by atoms with Crippen LogP contribution in [0.3, 0.4) is 0 Å².